The molecule has 3 atom stereocenters. The van der Waals surface area contributed by atoms with Crippen LogP contribution in [0.4, 0.5) is 0 Å². The summed E-state index contributed by atoms with van der Waals surface area (Å²) in [6.45, 7) is 0. The van der Waals surface area contributed by atoms with Crippen molar-refractivity contribution in [1.29, 1.82) is 0 Å². The maximum atomic E-state index is 9.48. The number of rotatable bonds is 1. The van der Waals surface area contributed by atoms with Crippen molar-refractivity contribution in [2.24, 2.45) is 0 Å². The number of hydrogen-bond acceptors (Lipinski definition) is 2. The molecule has 0 aromatic rings. The third-order valence-electron chi connectivity index (χ3n) is 1.83. The molecule has 2 aliphatic rings. The highest BCUT2D eigenvalue weighted by molar-refractivity contribution is 14.2. The Balaban J connectivity index is 2.17. The second-order valence-corrected chi connectivity index (χ2v) is 5.42. The fraction of sp³-hybridized carbons (Fsp3) is 0.375. The molecule has 2 rings (SSSR count). The minimum absolute atomic E-state index is 0.204. The number of hydrogen-bond donors (Lipinski definition) is 2. The summed E-state index contributed by atoms with van der Waals surface area (Å²) in [5.74, 6) is 0. The van der Waals surface area contributed by atoms with E-state index < -0.39 is 12.2 Å². The van der Waals surface area contributed by atoms with Gasteiger partial charge in [-0.15, -0.1) is 20.7 Å². The fourth-order valence-corrected chi connectivity index (χ4v) is 2.73. The lowest BCUT2D eigenvalue weighted by molar-refractivity contribution is 0.0715. The predicted molar refractivity (Wildman–Crippen MR) is 53.1 cm³/mol. The normalized spacial score (nSPS) is 41.3. The average Bonchev–Trinajstić information content (AvgIpc) is 2.77. The zero-order chi connectivity index (χ0) is 7.84. The van der Waals surface area contributed by atoms with E-state index in [1.807, 2.05) is 12.2 Å². The Kier molecular flexibility index (Phi) is 1.95. The molecule has 2 nitrogen and oxygen atoms in total. The van der Waals surface area contributed by atoms with Gasteiger partial charge in [0.05, 0.1) is 3.92 Å². The van der Waals surface area contributed by atoms with Crippen molar-refractivity contribution in [3.63, 3.8) is 0 Å². The van der Waals surface area contributed by atoms with Crippen molar-refractivity contribution in [3.05, 3.63) is 23.8 Å². The third kappa shape index (κ3) is 1.45. The number of halogens is 1. The van der Waals surface area contributed by atoms with Crippen LogP contribution in [0.3, 0.4) is 0 Å². The molecule has 2 N–H and O–H groups in total. The summed E-state index contributed by atoms with van der Waals surface area (Å²) in [4.78, 5) is 0. The molecule has 1 unspecified atom stereocenters. The van der Waals surface area contributed by atoms with Crippen molar-refractivity contribution in [3.8, 4) is 0 Å². The number of aliphatic hydroxyl groups excluding tert-OH is 2. The first kappa shape index (κ1) is 7.64. The van der Waals surface area contributed by atoms with Gasteiger partial charge in [0, 0.05) is 0 Å². The minimum Gasteiger partial charge on any atom is -0.386 e. The van der Waals surface area contributed by atoms with E-state index in [2.05, 4.69) is 4.01 Å². The Hall–Kier alpha value is -0.0000000000000000763. The highest BCUT2D eigenvalue weighted by Crippen LogP contribution is 2.33. The monoisotopic (exact) mass is 264 g/mol. The zero-order valence-electron chi connectivity index (χ0n) is 5.81. The molecule has 1 heterocycles. The van der Waals surface area contributed by atoms with Crippen LogP contribution in [0.2, 0.25) is 0 Å². The topological polar surface area (TPSA) is 40.5 Å². The van der Waals surface area contributed by atoms with Gasteiger partial charge >= 0.3 is 0 Å². The van der Waals surface area contributed by atoms with Crippen molar-refractivity contribution in [2.45, 2.75) is 16.1 Å². The van der Waals surface area contributed by atoms with Crippen LogP contribution in [-0.4, -0.2) is 30.4 Å². The number of aliphatic hydroxyl groups is 2. The summed E-state index contributed by atoms with van der Waals surface area (Å²) in [5, 5.41) is 18.7. The van der Waals surface area contributed by atoms with Gasteiger partial charge < -0.3 is 10.2 Å². The van der Waals surface area contributed by atoms with Crippen LogP contribution in [0.5, 0.6) is 0 Å². The van der Waals surface area contributed by atoms with Crippen LogP contribution < -0.4 is 0 Å². The highest BCUT2D eigenvalue weighted by atomic mass is 127. The number of alkyl halides is 1. The summed E-state index contributed by atoms with van der Waals surface area (Å²) in [7, 11) is 0. The van der Waals surface area contributed by atoms with Gasteiger partial charge in [0.25, 0.3) is 0 Å². The van der Waals surface area contributed by atoms with E-state index in [1.165, 1.54) is 0 Å². The van der Waals surface area contributed by atoms with E-state index in [9.17, 15) is 10.2 Å². The molecule has 11 heavy (non-hydrogen) atoms. The second-order valence-electron chi connectivity index (χ2n) is 2.64. The lowest BCUT2D eigenvalue weighted by Gasteiger charge is -2.20. The van der Waals surface area contributed by atoms with Gasteiger partial charge in [-0.25, -0.2) is 0 Å². The van der Waals surface area contributed by atoms with E-state index in [1.54, 1.807) is 6.08 Å². The summed E-state index contributed by atoms with van der Waals surface area (Å²) < 4.78 is 2.77. The molecule has 60 valence electrons. The van der Waals surface area contributed by atoms with Gasteiger partial charge in [-0.3, -0.25) is 0 Å². The molecule has 0 fully saturated rings. The summed E-state index contributed by atoms with van der Waals surface area (Å²) in [6.07, 6.45) is 4.03. The predicted octanol–water partition coefficient (Wildman–Crippen LogP) is 0.359. The third-order valence-corrected chi connectivity index (χ3v) is 3.99. The van der Waals surface area contributed by atoms with Crippen molar-refractivity contribution < 1.29 is 10.2 Å². The van der Waals surface area contributed by atoms with Crippen molar-refractivity contribution >= 4 is 24.7 Å². The van der Waals surface area contributed by atoms with Crippen molar-refractivity contribution in [1.82, 2.24) is 0 Å². The molecule has 0 amide bonds. The molecular weight excluding hydrogens is 255 g/mol. The van der Waals surface area contributed by atoms with Gasteiger partial charge in [0.1, 0.15) is 12.2 Å². The maximum Gasteiger partial charge on any atom is 0.106 e. The molecule has 3 heteroatoms. The lowest BCUT2D eigenvalue weighted by atomic mass is 9.97. The quantitative estimate of drug-likeness (QED) is 0.530. The molecule has 0 aromatic heterocycles. The first-order valence-electron chi connectivity index (χ1n) is 3.49. The summed E-state index contributed by atoms with van der Waals surface area (Å²) in [5.41, 5.74) is 1.01. The SMILES string of the molecule is O[C@@H]1C(C2C=I2)=CC=C[C@@H]1O. The van der Waals surface area contributed by atoms with E-state index in [-0.39, 0.29) is 20.7 Å². The molecule has 0 spiro atoms. The van der Waals surface area contributed by atoms with Crippen LogP contribution in [-0.2, 0) is 0 Å². The standard InChI is InChI=1S/C8H9IO2/c10-7-3-1-2-5(8(7)11)6-4-9-6/h1-4,6-8,10-11H/t6?,7-,8+/m0/s1. The molecule has 0 bridgehead atoms. The fourth-order valence-electron chi connectivity index (χ4n) is 1.12. The Labute approximate surface area is 75.0 Å². The number of allylic oxidation sites excluding steroid dienone is 2. The van der Waals surface area contributed by atoms with Gasteiger partial charge in [-0.05, 0) is 9.58 Å². The van der Waals surface area contributed by atoms with E-state index in [4.69, 9.17) is 0 Å². The summed E-state index contributed by atoms with van der Waals surface area (Å²) >= 11 is 0.204. The van der Waals surface area contributed by atoms with Crippen LogP contribution in [0.1, 0.15) is 0 Å². The Morgan fingerprint density at radius 2 is 2.09 bits per heavy atom. The largest absolute Gasteiger partial charge is 0.386 e. The van der Waals surface area contributed by atoms with Crippen LogP contribution in [0.25, 0.3) is 0 Å². The zero-order valence-corrected chi connectivity index (χ0v) is 7.97. The molecule has 1 aliphatic heterocycles. The molecule has 0 radical (unpaired) electrons. The van der Waals surface area contributed by atoms with E-state index in [0.29, 0.717) is 3.92 Å². The minimum atomic E-state index is -0.687. The lowest BCUT2D eigenvalue weighted by Crippen LogP contribution is -2.29. The Morgan fingerprint density at radius 1 is 1.36 bits per heavy atom. The maximum absolute atomic E-state index is 9.48. The van der Waals surface area contributed by atoms with Gasteiger partial charge in [0.15, 0.2) is 0 Å². The molecule has 0 saturated carbocycles. The van der Waals surface area contributed by atoms with Crippen LogP contribution >= 0.6 is 20.7 Å². The van der Waals surface area contributed by atoms with Crippen molar-refractivity contribution in [2.75, 3.05) is 0 Å². The highest BCUT2D eigenvalue weighted by Gasteiger charge is 2.28. The molecular formula is C8H9IO2. The molecule has 1 aliphatic carbocycles. The van der Waals surface area contributed by atoms with Gasteiger partial charge in [-0.2, -0.15) is 0 Å². The van der Waals surface area contributed by atoms with Gasteiger partial charge in [-0.1, -0.05) is 18.2 Å². The Morgan fingerprint density at radius 3 is 2.73 bits per heavy atom. The van der Waals surface area contributed by atoms with Crippen LogP contribution in [0, 0.1) is 0 Å². The van der Waals surface area contributed by atoms with E-state index in [0.717, 1.165) is 5.57 Å². The second kappa shape index (κ2) is 2.80. The van der Waals surface area contributed by atoms with Gasteiger partial charge in [0.2, 0.25) is 0 Å². The summed E-state index contributed by atoms with van der Waals surface area (Å²) in [6, 6.07) is 0. The first-order valence-corrected chi connectivity index (χ1v) is 5.98. The molecule has 0 aromatic carbocycles. The Bertz CT molecular complexity index is 249. The first-order chi connectivity index (χ1) is 5.29. The van der Waals surface area contributed by atoms with E-state index >= 15 is 0 Å². The smallest absolute Gasteiger partial charge is 0.106 e. The molecule has 0 saturated heterocycles. The van der Waals surface area contributed by atoms with Crippen LogP contribution in [0.15, 0.2) is 23.8 Å². The average molecular weight is 264 g/mol.